The fourth-order valence-electron chi connectivity index (χ4n) is 3.13. The molecule has 0 bridgehead atoms. The monoisotopic (exact) mass is 440 g/mol. The van der Waals surface area contributed by atoms with Crippen LogP contribution in [-0.4, -0.2) is 18.1 Å². The van der Waals surface area contributed by atoms with E-state index in [2.05, 4.69) is 11.9 Å². The second-order valence-electron chi connectivity index (χ2n) is 7.15. The molecule has 0 spiro atoms. The largest absolute Gasteiger partial charge is 0.504 e. The van der Waals surface area contributed by atoms with Gasteiger partial charge in [-0.25, -0.2) is 0 Å². The maximum atomic E-state index is 12.6. The van der Waals surface area contributed by atoms with E-state index in [0.717, 1.165) is 5.56 Å². The molecule has 0 unspecified atom stereocenters. The summed E-state index contributed by atoms with van der Waals surface area (Å²) in [6.45, 7) is 4.12. The Morgan fingerprint density at radius 1 is 1.15 bits per heavy atom. The van der Waals surface area contributed by atoms with Gasteiger partial charge >= 0.3 is 0 Å². The van der Waals surface area contributed by atoms with E-state index in [1.54, 1.807) is 42.5 Å². The third kappa shape index (κ3) is 6.25. The zero-order valence-corrected chi connectivity index (χ0v) is 18.2. The van der Waals surface area contributed by atoms with E-state index >= 15 is 0 Å². The molecule has 3 rings (SSSR count). The number of phenolic OH excluding ortho intramolecular Hbond substituents is 1. The Kier molecular flexibility index (Phi) is 7.87. The number of aromatic hydroxyl groups is 1. The van der Waals surface area contributed by atoms with Gasteiger partial charge in [0.1, 0.15) is 24.0 Å². The molecule has 6 heteroatoms. The van der Waals surface area contributed by atoms with Crippen LogP contribution in [0.2, 0.25) is 0 Å². The van der Waals surface area contributed by atoms with Gasteiger partial charge in [0.05, 0.1) is 7.11 Å². The zero-order valence-electron chi connectivity index (χ0n) is 18.2. The average molecular weight is 440 g/mol. The minimum Gasteiger partial charge on any atom is -0.504 e. The fraction of sp³-hybridized carbons (Fsp3) is 0.111. The summed E-state index contributed by atoms with van der Waals surface area (Å²) < 4.78 is 10.9. The number of phenols is 1. The minimum absolute atomic E-state index is 0.00656. The van der Waals surface area contributed by atoms with Crippen molar-refractivity contribution in [3.63, 3.8) is 0 Å². The van der Waals surface area contributed by atoms with Gasteiger partial charge in [0, 0.05) is 11.3 Å². The first-order valence-electron chi connectivity index (χ1n) is 10.2. The number of nitriles is 1. The molecule has 0 fully saturated rings. The second kappa shape index (κ2) is 11.2. The lowest BCUT2D eigenvalue weighted by Crippen LogP contribution is -2.13. The molecule has 0 heterocycles. The summed E-state index contributed by atoms with van der Waals surface area (Å²) in [4.78, 5) is 12.6. The zero-order chi connectivity index (χ0) is 23.6. The van der Waals surface area contributed by atoms with Crippen LogP contribution >= 0.6 is 0 Å². The number of nitrogens with one attached hydrogen (secondary N) is 1. The number of hydrogen-bond donors (Lipinski definition) is 2. The van der Waals surface area contributed by atoms with Crippen LogP contribution in [-0.2, 0) is 17.8 Å². The first kappa shape index (κ1) is 23.2. The lowest BCUT2D eigenvalue weighted by atomic mass is 10.0. The molecule has 3 aromatic rings. The highest BCUT2D eigenvalue weighted by molar-refractivity contribution is 6.09. The number of carbonyl (C=O) groups excluding carboxylic acids is 1. The molecule has 0 aliphatic heterocycles. The Morgan fingerprint density at radius 3 is 2.52 bits per heavy atom. The average Bonchev–Trinajstić information content (AvgIpc) is 2.84. The van der Waals surface area contributed by atoms with Crippen LogP contribution < -0.4 is 14.8 Å². The van der Waals surface area contributed by atoms with Crippen molar-refractivity contribution in [1.29, 1.82) is 5.26 Å². The van der Waals surface area contributed by atoms with E-state index < -0.39 is 5.91 Å². The van der Waals surface area contributed by atoms with Crippen LogP contribution in [0.1, 0.15) is 16.7 Å². The Bertz CT molecular complexity index is 1190. The van der Waals surface area contributed by atoms with Crippen molar-refractivity contribution >= 4 is 17.7 Å². The first-order chi connectivity index (χ1) is 16.0. The Balaban J connectivity index is 1.70. The van der Waals surface area contributed by atoms with Gasteiger partial charge in [-0.15, -0.1) is 6.58 Å². The van der Waals surface area contributed by atoms with Crippen molar-refractivity contribution in [2.45, 2.75) is 13.0 Å². The van der Waals surface area contributed by atoms with Gasteiger partial charge in [0.15, 0.2) is 11.5 Å². The summed E-state index contributed by atoms with van der Waals surface area (Å²) in [6, 6.07) is 21.9. The van der Waals surface area contributed by atoms with Crippen molar-refractivity contribution in [2.75, 3.05) is 12.4 Å². The molecular formula is C27H24N2O4. The van der Waals surface area contributed by atoms with Crippen LogP contribution in [0.5, 0.6) is 17.2 Å². The second-order valence-corrected chi connectivity index (χ2v) is 7.15. The van der Waals surface area contributed by atoms with Gasteiger partial charge in [-0.3, -0.25) is 4.79 Å². The maximum absolute atomic E-state index is 12.6. The molecule has 0 atom stereocenters. The number of ether oxygens (including phenoxy) is 2. The summed E-state index contributed by atoms with van der Waals surface area (Å²) >= 11 is 0. The summed E-state index contributed by atoms with van der Waals surface area (Å²) in [5, 5.41) is 22.4. The SMILES string of the molecule is C=CCc1cc(/C=C(\C#N)C(=O)Nc2ccc(OCc3ccccc3)cc2)cc(OC)c1O. The van der Waals surface area contributed by atoms with Crippen molar-refractivity contribution in [2.24, 2.45) is 0 Å². The van der Waals surface area contributed by atoms with Crippen LogP contribution in [0.4, 0.5) is 5.69 Å². The van der Waals surface area contributed by atoms with Crippen LogP contribution in [0.3, 0.4) is 0 Å². The number of carbonyl (C=O) groups is 1. The first-order valence-corrected chi connectivity index (χ1v) is 10.2. The number of amides is 1. The molecule has 3 aromatic carbocycles. The number of benzene rings is 3. The van der Waals surface area contributed by atoms with Gasteiger partial charge in [0.25, 0.3) is 5.91 Å². The van der Waals surface area contributed by atoms with E-state index in [-0.39, 0.29) is 17.1 Å². The Labute approximate surface area is 193 Å². The highest BCUT2D eigenvalue weighted by Gasteiger charge is 2.13. The Hall–Kier alpha value is -4.50. The lowest BCUT2D eigenvalue weighted by molar-refractivity contribution is -0.112. The molecule has 6 nitrogen and oxygen atoms in total. The topological polar surface area (TPSA) is 91.6 Å². The van der Waals surface area contributed by atoms with E-state index in [1.165, 1.54) is 13.2 Å². The number of rotatable bonds is 9. The predicted molar refractivity (Wildman–Crippen MR) is 128 cm³/mol. The minimum atomic E-state index is -0.548. The summed E-state index contributed by atoms with van der Waals surface area (Å²) in [5.74, 6) is 0.378. The molecule has 1 amide bonds. The standard InChI is InChI=1S/C27H24N2O4/c1-3-7-21-14-20(16-25(32-2)26(21)30)15-22(17-28)27(31)29-23-10-12-24(13-11-23)33-18-19-8-5-4-6-9-19/h3-6,8-16,30H,1,7,18H2,2H3,(H,29,31)/b22-15+. The van der Waals surface area contributed by atoms with Gasteiger partial charge in [0.2, 0.25) is 0 Å². The number of hydrogen-bond acceptors (Lipinski definition) is 5. The molecule has 0 aliphatic carbocycles. The van der Waals surface area contributed by atoms with Crippen molar-refractivity contribution in [3.8, 4) is 23.3 Å². The summed E-state index contributed by atoms with van der Waals surface area (Å²) in [6.07, 6.45) is 3.50. The van der Waals surface area contributed by atoms with Gasteiger partial charge in [-0.2, -0.15) is 5.26 Å². The van der Waals surface area contributed by atoms with Crippen molar-refractivity contribution in [3.05, 3.63) is 102 Å². The molecule has 0 aromatic heterocycles. The van der Waals surface area contributed by atoms with Crippen molar-refractivity contribution < 1.29 is 19.4 Å². The number of anilines is 1. The van der Waals surface area contributed by atoms with E-state index in [4.69, 9.17) is 9.47 Å². The molecule has 0 saturated carbocycles. The molecular weight excluding hydrogens is 416 g/mol. The maximum Gasteiger partial charge on any atom is 0.266 e. The van der Waals surface area contributed by atoms with Gasteiger partial charge in [-0.1, -0.05) is 36.4 Å². The van der Waals surface area contributed by atoms with Crippen LogP contribution in [0.25, 0.3) is 6.08 Å². The van der Waals surface area contributed by atoms with E-state index in [0.29, 0.717) is 35.6 Å². The Morgan fingerprint density at radius 2 is 1.88 bits per heavy atom. The summed E-state index contributed by atoms with van der Waals surface area (Å²) in [5.41, 5.74) is 2.64. The molecule has 0 saturated heterocycles. The van der Waals surface area contributed by atoms with Gasteiger partial charge < -0.3 is 19.9 Å². The van der Waals surface area contributed by atoms with E-state index in [9.17, 15) is 15.2 Å². The number of allylic oxidation sites excluding steroid dienone is 1. The normalized spacial score (nSPS) is 10.7. The summed E-state index contributed by atoms with van der Waals surface area (Å²) in [7, 11) is 1.44. The molecule has 166 valence electrons. The molecule has 0 aliphatic rings. The smallest absolute Gasteiger partial charge is 0.266 e. The molecule has 2 N–H and O–H groups in total. The fourth-order valence-corrected chi connectivity index (χ4v) is 3.13. The van der Waals surface area contributed by atoms with Crippen molar-refractivity contribution in [1.82, 2.24) is 0 Å². The van der Waals surface area contributed by atoms with Crippen LogP contribution in [0, 0.1) is 11.3 Å². The van der Waals surface area contributed by atoms with E-state index in [1.807, 2.05) is 36.4 Å². The van der Waals surface area contributed by atoms with Crippen LogP contribution in [0.15, 0.2) is 85.0 Å². The number of methoxy groups -OCH3 is 1. The molecule has 33 heavy (non-hydrogen) atoms. The molecule has 0 radical (unpaired) electrons. The number of nitrogens with zero attached hydrogens (tertiary/aromatic N) is 1. The van der Waals surface area contributed by atoms with Gasteiger partial charge in [-0.05, 0) is 60.0 Å². The highest BCUT2D eigenvalue weighted by atomic mass is 16.5. The highest BCUT2D eigenvalue weighted by Crippen LogP contribution is 2.33. The third-order valence-corrected chi connectivity index (χ3v) is 4.80. The third-order valence-electron chi connectivity index (χ3n) is 4.80. The lowest BCUT2D eigenvalue weighted by Gasteiger charge is -2.10. The quantitative estimate of drug-likeness (QED) is 0.269. The predicted octanol–water partition coefficient (Wildman–Crippen LogP) is 5.25.